The summed E-state index contributed by atoms with van der Waals surface area (Å²) in [6.45, 7) is 4.17. The smallest absolute Gasteiger partial charge is 0.246 e. The summed E-state index contributed by atoms with van der Waals surface area (Å²) >= 11 is 0. The van der Waals surface area contributed by atoms with E-state index in [-0.39, 0.29) is 11.7 Å². The lowest BCUT2D eigenvalue weighted by molar-refractivity contribution is -0.127. The number of piperidine rings is 1. The molecule has 0 bridgehead atoms. The molecule has 1 aromatic heterocycles. The zero-order chi connectivity index (χ0) is 24.9. The average Bonchev–Trinajstić information content (AvgIpc) is 3.71. The number of hydrogen-bond donors (Lipinski definition) is 1. The maximum atomic E-state index is 12.6. The van der Waals surface area contributed by atoms with E-state index in [1.54, 1.807) is 31.5 Å². The summed E-state index contributed by atoms with van der Waals surface area (Å²) in [5.74, 6) is 1.30. The fourth-order valence-corrected chi connectivity index (χ4v) is 4.94. The summed E-state index contributed by atoms with van der Waals surface area (Å²) in [6.07, 6.45) is 12.0. The molecule has 1 amide bonds. The summed E-state index contributed by atoms with van der Waals surface area (Å²) in [6, 6.07) is 16.7. The first-order chi connectivity index (χ1) is 17.6. The van der Waals surface area contributed by atoms with Crippen molar-refractivity contribution in [2.75, 3.05) is 19.6 Å². The molecule has 5 rings (SSSR count). The fraction of sp³-hybridized carbons (Fsp3) is 0.333. The zero-order valence-corrected chi connectivity index (χ0v) is 20.6. The zero-order valence-electron chi connectivity index (χ0n) is 20.6. The predicted molar refractivity (Wildman–Crippen MR) is 141 cm³/mol. The van der Waals surface area contributed by atoms with Crippen LogP contribution >= 0.6 is 0 Å². The van der Waals surface area contributed by atoms with Gasteiger partial charge in [-0.05, 0) is 61.4 Å². The predicted octanol–water partition coefficient (Wildman–Crippen LogP) is 4.74. The number of benzene rings is 2. The van der Waals surface area contributed by atoms with Crippen LogP contribution in [0.25, 0.3) is 17.2 Å². The quantitative estimate of drug-likeness (QED) is 0.372. The van der Waals surface area contributed by atoms with Gasteiger partial charge in [0.1, 0.15) is 6.33 Å². The minimum absolute atomic E-state index is 0.0459. The Kier molecular flexibility index (Phi) is 7.33. The van der Waals surface area contributed by atoms with Crippen molar-refractivity contribution in [1.29, 1.82) is 0 Å². The van der Waals surface area contributed by atoms with Crippen molar-refractivity contribution < 1.29 is 9.59 Å². The number of carbonyl (C=O) groups excluding carboxylic acids is 2. The van der Waals surface area contributed by atoms with Crippen molar-refractivity contribution in [3.63, 3.8) is 0 Å². The number of rotatable bonds is 8. The molecular formula is C30H32N4O2. The number of hydrogen-bond acceptors (Lipinski definition) is 5. The van der Waals surface area contributed by atoms with Gasteiger partial charge in [0.15, 0.2) is 5.78 Å². The van der Waals surface area contributed by atoms with Crippen molar-refractivity contribution in [2.45, 2.75) is 38.1 Å². The minimum Gasteiger partial charge on any atom is -0.339 e. The van der Waals surface area contributed by atoms with E-state index in [4.69, 9.17) is 0 Å². The Balaban J connectivity index is 1.03. The van der Waals surface area contributed by atoms with Gasteiger partial charge in [0.05, 0.1) is 0 Å². The van der Waals surface area contributed by atoms with Crippen LogP contribution in [0.1, 0.15) is 53.6 Å². The highest BCUT2D eigenvalue weighted by Crippen LogP contribution is 2.41. The maximum Gasteiger partial charge on any atom is 0.246 e. The largest absolute Gasteiger partial charge is 0.339 e. The third-order valence-electron chi connectivity index (χ3n) is 7.35. The number of nitrogens with zero attached hydrogens (tertiary/aromatic N) is 3. The second-order valence-corrected chi connectivity index (χ2v) is 9.89. The Morgan fingerprint density at radius 2 is 1.67 bits per heavy atom. The molecule has 0 radical (unpaired) electrons. The van der Waals surface area contributed by atoms with Gasteiger partial charge in [-0.25, -0.2) is 9.97 Å². The van der Waals surface area contributed by atoms with Crippen molar-refractivity contribution >= 4 is 17.8 Å². The molecule has 36 heavy (non-hydrogen) atoms. The second kappa shape index (κ2) is 11.0. The summed E-state index contributed by atoms with van der Waals surface area (Å²) in [5.41, 5.74) is 5.18. The SMILES string of the molecule is CC(=O)c1ccc(/C=C/C(=O)N2CCC(CNC3CC3c3ccc(-c4cncnc4)cc3)CC2)cc1. The molecule has 1 aliphatic heterocycles. The molecule has 2 atom stereocenters. The van der Waals surface area contributed by atoms with Crippen LogP contribution in [0.15, 0.2) is 73.3 Å². The molecule has 184 valence electrons. The maximum absolute atomic E-state index is 12.6. The summed E-state index contributed by atoms with van der Waals surface area (Å²) in [4.78, 5) is 34.1. The van der Waals surface area contributed by atoms with Gasteiger partial charge in [0, 0.05) is 54.6 Å². The Labute approximate surface area is 212 Å². The molecule has 2 unspecified atom stereocenters. The molecule has 3 aromatic rings. The van der Waals surface area contributed by atoms with E-state index in [2.05, 4.69) is 39.6 Å². The molecule has 1 saturated carbocycles. The molecule has 1 saturated heterocycles. The fourth-order valence-electron chi connectivity index (χ4n) is 4.94. The van der Waals surface area contributed by atoms with Crippen LogP contribution in [0.4, 0.5) is 0 Å². The lowest BCUT2D eigenvalue weighted by atomic mass is 9.96. The first kappa shape index (κ1) is 24.1. The number of ketones is 1. The van der Waals surface area contributed by atoms with E-state index < -0.39 is 0 Å². The van der Waals surface area contributed by atoms with Gasteiger partial charge >= 0.3 is 0 Å². The van der Waals surface area contributed by atoms with Crippen LogP contribution < -0.4 is 5.32 Å². The lowest BCUT2D eigenvalue weighted by Gasteiger charge is -2.31. The monoisotopic (exact) mass is 480 g/mol. The second-order valence-electron chi connectivity index (χ2n) is 9.89. The van der Waals surface area contributed by atoms with Crippen molar-refractivity contribution in [3.8, 4) is 11.1 Å². The molecule has 2 aromatic carbocycles. The van der Waals surface area contributed by atoms with Crippen LogP contribution in [-0.2, 0) is 4.79 Å². The number of Topliss-reactive ketones (excluding diaryl/α,β-unsaturated/α-hetero) is 1. The van der Waals surface area contributed by atoms with Crippen LogP contribution in [0.2, 0.25) is 0 Å². The van der Waals surface area contributed by atoms with Crippen molar-refractivity contribution in [3.05, 3.63) is 90.0 Å². The molecule has 6 heteroatoms. The summed E-state index contributed by atoms with van der Waals surface area (Å²) in [5, 5.41) is 3.76. The minimum atomic E-state index is 0.0459. The Hall–Kier alpha value is -3.64. The number of aromatic nitrogens is 2. The van der Waals surface area contributed by atoms with E-state index in [1.165, 1.54) is 12.0 Å². The van der Waals surface area contributed by atoms with Gasteiger partial charge in [-0.15, -0.1) is 0 Å². The summed E-state index contributed by atoms with van der Waals surface area (Å²) in [7, 11) is 0. The van der Waals surface area contributed by atoms with Crippen molar-refractivity contribution in [2.24, 2.45) is 5.92 Å². The third kappa shape index (κ3) is 5.94. The normalized spacial score (nSPS) is 20.0. The Bertz CT molecular complexity index is 1210. The first-order valence-corrected chi connectivity index (χ1v) is 12.7. The van der Waals surface area contributed by atoms with E-state index >= 15 is 0 Å². The molecule has 0 spiro atoms. The Morgan fingerprint density at radius 1 is 0.972 bits per heavy atom. The van der Waals surface area contributed by atoms with Gasteiger partial charge < -0.3 is 10.2 Å². The number of likely N-dealkylation sites (tertiary alicyclic amines) is 1. The third-order valence-corrected chi connectivity index (χ3v) is 7.35. The van der Waals surface area contributed by atoms with Gasteiger partial charge in [-0.1, -0.05) is 48.5 Å². The van der Waals surface area contributed by atoms with Gasteiger partial charge in [-0.3, -0.25) is 9.59 Å². The van der Waals surface area contributed by atoms with Crippen molar-refractivity contribution in [1.82, 2.24) is 20.2 Å². The van der Waals surface area contributed by atoms with E-state index in [0.29, 0.717) is 23.4 Å². The molecular weight excluding hydrogens is 448 g/mol. The number of nitrogens with one attached hydrogen (secondary N) is 1. The topological polar surface area (TPSA) is 75.2 Å². The highest BCUT2D eigenvalue weighted by Gasteiger charge is 2.38. The van der Waals surface area contributed by atoms with Crippen LogP contribution in [0.3, 0.4) is 0 Å². The first-order valence-electron chi connectivity index (χ1n) is 12.7. The molecule has 1 aliphatic carbocycles. The van der Waals surface area contributed by atoms with E-state index in [9.17, 15) is 9.59 Å². The highest BCUT2D eigenvalue weighted by atomic mass is 16.2. The molecule has 2 aliphatic rings. The number of carbonyl (C=O) groups is 2. The van der Waals surface area contributed by atoms with Crippen LogP contribution in [-0.4, -0.2) is 52.2 Å². The van der Waals surface area contributed by atoms with Gasteiger partial charge in [0.2, 0.25) is 5.91 Å². The van der Waals surface area contributed by atoms with E-state index in [1.807, 2.05) is 35.5 Å². The summed E-state index contributed by atoms with van der Waals surface area (Å²) < 4.78 is 0. The van der Waals surface area contributed by atoms with E-state index in [0.717, 1.165) is 49.2 Å². The molecule has 1 N–H and O–H groups in total. The average molecular weight is 481 g/mol. The standard InChI is InChI=1S/C30H32N4O2/c1-21(35)24-5-2-22(3-6-24)4-11-30(36)34-14-12-23(13-15-34)17-33-29-16-28(29)26-9-7-25(8-10-26)27-18-31-20-32-19-27/h2-11,18-20,23,28-29,33H,12-17H2,1H3/b11-4+. The van der Waals surface area contributed by atoms with Gasteiger partial charge in [0.25, 0.3) is 0 Å². The molecule has 2 heterocycles. The lowest BCUT2D eigenvalue weighted by Crippen LogP contribution is -2.40. The van der Waals surface area contributed by atoms with Crippen LogP contribution in [0.5, 0.6) is 0 Å². The Morgan fingerprint density at radius 3 is 2.33 bits per heavy atom. The van der Waals surface area contributed by atoms with Gasteiger partial charge in [-0.2, -0.15) is 0 Å². The molecule has 2 fully saturated rings. The highest BCUT2D eigenvalue weighted by molar-refractivity contribution is 5.95. The molecule has 6 nitrogen and oxygen atoms in total. The number of amides is 1. The van der Waals surface area contributed by atoms with Crippen LogP contribution in [0, 0.1) is 5.92 Å².